The number of esters is 1. The Kier molecular flexibility index (Phi) is 5.79. The van der Waals surface area contributed by atoms with Gasteiger partial charge < -0.3 is 14.9 Å². The molecule has 1 atom stereocenters. The van der Waals surface area contributed by atoms with Crippen molar-refractivity contribution in [3.8, 4) is 5.75 Å². The summed E-state index contributed by atoms with van der Waals surface area (Å²) in [5.74, 6) is -2.02. The lowest BCUT2D eigenvalue weighted by Crippen LogP contribution is -2.52. The zero-order valence-electron chi connectivity index (χ0n) is 16.2. The third kappa shape index (κ3) is 3.98. The van der Waals surface area contributed by atoms with Gasteiger partial charge in [0, 0.05) is 5.56 Å². The zero-order valence-corrected chi connectivity index (χ0v) is 16.2. The fourth-order valence-electron chi connectivity index (χ4n) is 2.79. The van der Waals surface area contributed by atoms with E-state index < -0.39 is 34.1 Å². The number of phenols is 1. The van der Waals surface area contributed by atoms with Gasteiger partial charge in [0.1, 0.15) is 5.75 Å². The van der Waals surface area contributed by atoms with E-state index in [1.165, 1.54) is 6.92 Å². The van der Waals surface area contributed by atoms with Crippen molar-refractivity contribution >= 4 is 5.97 Å². The Bertz CT molecular complexity index is 646. The molecule has 1 rings (SSSR count). The van der Waals surface area contributed by atoms with Crippen molar-refractivity contribution < 1.29 is 32.9 Å². The minimum absolute atomic E-state index is 0.0234. The Morgan fingerprint density at radius 3 is 1.65 bits per heavy atom. The summed E-state index contributed by atoms with van der Waals surface area (Å²) in [7, 11) is 0. The van der Waals surface area contributed by atoms with Gasteiger partial charge in [-0.15, -0.1) is 0 Å². The molecule has 0 aromatic heterocycles. The molecule has 0 spiro atoms. The quantitative estimate of drug-likeness (QED) is 0.772. The van der Waals surface area contributed by atoms with E-state index in [2.05, 4.69) is 4.74 Å². The average Bonchev–Trinajstić information content (AvgIpc) is 2.42. The average molecular weight is 376 g/mol. The van der Waals surface area contributed by atoms with Crippen molar-refractivity contribution in [2.24, 2.45) is 0 Å². The van der Waals surface area contributed by atoms with E-state index in [0.717, 1.165) is 12.1 Å². The Labute approximate surface area is 152 Å². The van der Waals surface area contributed by atoms with E-state index >= 15 is 0 Å². The standard InChI is InChI=1S/C19H27F3O4/c1-8-26-15(24)18(25,19(20,21)22)14-12(16(2,3)4)9-11(23)10-13(14)17(5,6)7/h9-10,23,25H,8H2,1-7H3. The first-order valence-corrected chi connectivity index (χ1v) is 8.32. The number of benzene rings is 1. The van der Waals surface area contributed by atoms with Gasteiger partial charge in [-0.2, -0.15) is 13.2 Å². The first-order valence-electron chi connectivity index (χ1n) is 8.32. The molecule has 0 bridgehead atoms. The molecule has 1 unspecified atom stereocenters. The van der Waals surface area contributed by atoms with Crippen LogP contribution in [0.15, 0.2) is 12.1 Å². The maximum atomic E-state index is 14.0. The van der Waals surface area contributed by atoms with Crippen LogP contribution in [0, 0.1) is 0 Å². The summed E-state index contributed by atoms with van der Waals surface area (Å²) in [6, 6.07) is 2.31. The summed E-state index contributed by atoms with van der Waals surface area (Å²) in [6.45, 7) is 10.9. The predicted molar refractivity (Wildman–Crippen MR) is 92.1 cm³/mol. The van der Waals surface area contributed by atoms with Crippen LogP contribution >= 0.6 is 0 Å². The molecule has 148 valence electrons. The van der Waals surface area contributed by atoms with Crippen molar-refractivity contribution in [2.45, 2.75) is 71.1 Å². The number of hydrogen-bond acceptors (Lipinski definition) is 4. The molecule has 26 heavy (non-hydrogen) atoms. The lowest BCUT2D eigenvalue weighted by Gasteiger charge is -2.38. The topological polar surface area (TPSA) is 66.8 Å². The number of phenolic OH excluding ortho intramolecular Hbond substituents is 1. The van der Waals surface area contributed by atoms with Gasteiger partial charge in [0.25, 0.3) is 5.60 Å². The van der Waals surface area contributed by atoms with Crippen LogP contribution in [0.1, 0.15) is 65.2 Å². The Morgan fingerprint density at radius 2 is 1.38 bits per heavy atom. The third-order valence-corrected chi connectivity index (χ3v) is 4.08. The van der Waals surface area contributed by atoms with Gasteiger partial charge in [-0.1, -0.05) is 41.5 Å². The molecule has 0 radical (unpaired) electrons. The maximum absolute atomic E-state index is 14.0. The maximum Gasteiger partial charge on any atom is 0.432 e. The largest absolute Gasteiger partial charge is 0.508 e. The summed E-state index contributed by atoms with van der Waals surface area (Å²) in [6.07, 6.45) is -5.31. The second-order valence-corrected chi connectivity index (χ2v) is 8.34. The van der Waals surface area contributed by atoms with Gasteiger partial charge in [-0.05, 0) is 41.0 Å². The third-order valence-electron chi connectivity index (χ3n) is 4.08. The van der Waals surface area contributed by atoms with Gasteiger partial charge >= 0.3 is 12.1 Å². The molecule has 4 nitrogen and oxygen atoms in total. The van der Waals surface area contributed by atoms with Crippen molar-refractivity contribution in [2.75, 3.05) is 6.61 Å². The highest BCUT2D eigenvalue weighted by Gasteiger charge is 2.64. The van der Waals surface area contributed by atoms with Crippen LogP contribution < -0.4 is 0 Å². The highest BCUT2D eigenvalue weighted by Crippen LogP contribution is 2.49. The summed E-state index contributed by atoms with van der Waals surface area (Å²) < 4.78 is 46.5. The minimum atomic E-state index is -5.31. The molecule has 0 heterocycles. The van der Waals surface area contributed by atoms with E-state index in [1.54, 1.807) is 41.5 Å². The molecule has 0 aliphatic carbocycles. The first-order chi connectivity index (χ1) is 11.5. The van der Waals surface area contributed by atoms with Crippen LogP contribution in [-0.2, 0) is 26.0 Å². The fraction of sp³-hybridized carbons (Fsp3) is 0.632. The fourth-order valence-corrected chi connectivity index (χ4v) is 2.79. The Morgan fingerprint density at radius 1 is 1.00 bits per heavy atom. The molecule has 0 aliphatic rings. The SMILES string of the molecule is CCOC(=O)C(O)(c1c(C(C)(C)C)cc(O)cc1C(C)(C)C)C(F)(F)F. The molecule has 0 amide bonds. The molecule has 2 N–H and O–H groups in total. The smallest absolute Gasteiger partial charge is 0.432 e. The highest BCUT2D eigenvalue weighted by atomic mass is 19.4. The van der Waals surface area contributed by atoms with E-state index in [1.807, 2.05) is 0 Å². The summed E-state index contributed by atoms with van der Waals surface area (Å²) in [5.41, 5.74) is -6.16. The molecular formula is C19H27F3O4. The van der Waals surface area contributed by atoms with Gasteiger partial charge in [-0.25, -0.2) is 4.79 Å². The number of carbonyl (C=O) groups excluding carboxylic acids is 1. The molecule has 1 aromatic rings. The summed E-state index contributed by atoms with van der Waals surface area (Å²) >= 11 is 0. The second-order valence-electron chi connectivity index (χ2n) is 8.34. The van der Waals surface area contributed by atoms with E-state index in [4.69, 9.17) is 0 Å². The van der Waals surface area contributed by atoms with Gasteiger partial charge in [0.2, 0.25) is 0 Å². The van der Waals surface area contributed by atoms with Gasteiger partial charge in [-0.3, -0.25) is 0 Å². The van der Waals surface area contributed by atoms with Crippen molar-refractivity contribution in [3.63, 3.8) is 0 Å². The number of aliphatic hydroxyl groups is 1. The van der Waals surface area contributed by atoms with Crippen LogP contribution in [-0.4, -0.2) is 29.0 Å². The van der Waals surface area contributed by atoms with E-state index in [-0.39, 0.29) is 23.5 Å². The number of carbonyl (C=O) groups is 1. The van der Waals surface area contributed by atoms with Crippen LogP contribution in [0.3, 0.4) is 0 Å². The van der Waals surface area contributed by atoms with E-state index in [9.17, 15) is 28.2 Å². The van der Waals surface area contributed by atoms with Crippen molar-refractivity contribution in [1.82, 2.24) is 0 Å². The lowest BCUT2D eigenvalue weighted by molar-refractivity contribution is -0.268. The summed E-state index contributed by atoms with van der Waals surface area (Å²) in [4.78, 5) is 12.3. The normalized spacial score (nSPS) is 15.5. The van der Waals surface area contributed by atoms with Crippen molar-refractivity contribution in [3.05, 3.63) is 28.8 Å². The molecule has 0 aliphatic heterocycles. The number of alkyl halides is 3. The van der Waals surface area contributed by atoms with Crippen LogP contribution in [0.4, 0.5) is 13.2 Å². The van der Waals surface area contributed by atoms with E-state index in [0.29, 0.717) is 0 Å². The number of halogens is 3. The Hall–Kier alpha value is -1.76. The molecule has 7 heteroatoms. The lowest BCUT2D eigenvalue weighted by atomic mass is 9.70. The number of ether oxygens (including phenoxy) is 1. The van der Waals surface area contributed by atoms with Crippen LogP contribution in [0.2, 0.25) is 0 Å². The zero-order chi connectivity index (χ0) is 20.7. The molecule has 1 aromatic carbocycles. The monoisotopic (exact) mass is 376 g/mol. The number of rotatable bonds is 3. The number of aromatic hydroxyl groups is 1. The van der Waals surface area contributed by atoms with Crippen LogP contribution in [0.25, 0.3) is 0 Å². The van der Waals surface area contributed by atoms with Crippen molar-refractivity contribution in [1.29, 1.82) is 0 Å². The first kappa shape index (κ1) is 22.3. The molecule has 0 saturated carbocycles. The number of hydrogen-bond donors (Lipinski definition) is 2. The van der Waals surface area contributed by atoms with Gasteiger partial charge in [0.15, 0.2) is 0 Å². The van der Waals surface area contributed by atoms with Crippen LogP contribution in [0.5, 0.6) is 5.75 Å². The Balaban J connectivity index is 4.12. The summed E-state index contributed by atoms with van der Waals surface area (Å²) in [5, 5.41) is 20.8. The predicted octanol–water partition coefficient (Wildman–Crippen LogP) is 4.30. The van der Waals surface area contributed by atoms with Gasteiger partial charge in [0.05, 0.1) is 6.61 Å². The second kappa shape index (κ2) is 6.76. The molecule has 0 fully saturated rings. The molecular weight excluding hydrogens is 349 g/mol. The minimum Gasteiger partial charge on any atom is -0.508 e. The molecule has 0 saturated heterocycles. The highest BCUT2D eigenvalue weighted by molar-refractivity contribution is 5.84.